The summed E-state index contributed by atoms with van der Waals surface area (Å²) < 4.78 is 23.3. The van der Waals surface area contributed by atoms with Crippen molar-refractivity contribution in [1.29, 1.82) is 0 Å². The van der Waals surface area contributed by atoms with Gasteiger partial charge in [0.15, 0.2) is 5.78 Å². The molecule has 0 saturated carbocycles. The molecule has 0 aliphatic heterocycles. The molecule has 0 aliphatic rings. The van der Waals surface area contributed by atoms with Crippen molar-refractivity contribution in [2.24, 2.45) is 0 Å². The van der Waals surface area contributed by atoms with E-state index >= 15 is 0 Å². The highest BCUT2D eigenvalue weighted by Gasteiger charge is 2.02. The van der Waals surface area contributed by atoms with Gasteiger partial charge in [-0.1, -0.05) is 112 Å². The van der Waals surface area contributed by atoms with Crippen molar-refractivity contribution in [1.82, 2.24) is 0 Å². The van der Waals surface area contributed by atoms with Gasteiger partial charge in [-0.2, -0.15) is 0 Å². The highest BCUT2D eigenvalue weighted by Crippen LogP contribution is 2.19. The van der Waals surface area contributed by atoms with Gasteiger partial charge in [-0.15, -0.1) is 0 Å². The van der Waals surface area contributed by atoms with E-state index in [0.717, 1.165) is 60.2 Å². The van der Waals surface area contributed by atoms with E-state index in [1.54, 1.807) is 6.08 Å². The van der Waals surface area contributed by atoms with E-state index in [0.29, 0.717) is 18.8 Å². The van der Waals surface area contributed by atoms with Crippen molar-refractivity contribution < 1.29 is 23.7 Å². The molecule has 0 spiro atoms. The molecule has 0 saturated heterocycles. The van der Waals surface area contributed by atoms with Gasteiger partial charge in [0.1, 0.15) is 36.2 Å². The Labute approximate surface area is 274 Å². The monoisotopic (exact) mass is 618 g/mol. The average molecular weight is 619 g/mol. The third kappa shape index (κ3) is 13.1. The molecule has 4 aromatic rings. The second-order valence-electron chi connectivity index (χ2n) is 11.1. The van der Waals surface area contributed by atoms with Crippen LogP contribution in [0, 0.1) is 0 Å². The smallest absolute Gasteiger partial charge is 0.185 e. The van der Waals surface area contributed by atoms with Crippen LogP contribution in [0.3, 0.4) is 0 Å². The number of allylic oxidation sites excluding steroid dienone is 1. The molecule has 4 rings (SSSR count). The van der Waals surface area contributed by atoms with E-state index in [2.05, 4.69) is 6.58 Å². The normalized spacial score (nSPS) is 10.9. The lowest BCUT2D eigenvalue weighted by atomic mass is 10.1. The molecule has 0 heterocycles. The Kier molecular flexibility index (Phi) is 15.1. The summed E-state index contributed by atoms with van der Waals surface area (Å²) in [6, 6.07) is 32.7. The molecule has 240 valence electrons. The molecule has 0 aliphatic carbocycles. The summed E-state index contributed by atoms with van der Waals surface area (Å²) in [4.78, 5) is 12.2. The maximum Gasteiger partial charge on any atom is 0.185 e. The summed E-state index contributed by atoms with van der Waals surface area (Å²) >= 11 is 0. The minimum absolute atomic E-state index is 0.0177. The molecule has 0 amide bonds. The van der Waals surface area contributed by atoms with Gasteiger partial charge in [-0.25, -0.2) is 0 Å². The average Bonchev–Trinajstić information content (AvgIpc) is 3.11. The van der Waals surface area contributed by atoms with Crippen LogP contribution in [0.5, 0.6) is 23.0 Å². The standard InChI is InChI=1S/C41H46O5/c1-2-34-16-21-37(22-17-34)43-30-12-7-5-3-4-6-8-13-31-44-39-25-27-40(28-26-39)46-33-32-45-38-23-18-35(19-24-38)20-29-41(42)36-14-10-9-11-15-36/h2,9-11,14-29H,1,3-8,12-13,30-33H2. The minimum atomic E-state index is -0.0177. The molecule has 0 atom stereocenters. The summed E-state index contributed by atoms with van der Waals surface area (Å²) in [7, 11) is 0. The first kappa shape index (κ1) is 34.1. The van der Waals surface area contributed by atoms with E-state index < -0.39 is 0 Å². The zero-order chi connectivity index (χ0) is 32.1. The van der Waals surface area contributed by atoms with Crippen LogP contribution in [0.4, 0.5) is 0 Å². The van der Waals surface area contributed by atoms with Crippen LogP contribution in [-0.4, -0.2) is 32.2 Å². The van der Waals surface area contributed by atoms with E-state index in [1.165, 1.54) is 38.5 Å². The minimum Gasteiger partial charge on any atom is -0.494 e. The van der Waals surface area contributed by atoms with Crippen LogP contribution in [0.2, 0.25) is 0 Å². The maximum atomic E-state index is 12.2. The second-order valence-corrected chi connectivity index (χ2v) is 11.1. The second kappa shape index (κ2) is 20.3. The summed E-state index contributed by atoms with van der Waals surface area (Å²) in [5.74, 6) is 3.32. The molecule has 46 heavy (non-hydrogen) atoms. The molecule has 5 heteroatoms. The van der Waals surface area contributed by atoms with Gasteiger partial charge in [0.2, 0.25) is 0 Å². The van der Waals surface area contributed by atoms with E-state index in [9.17, 15) is 4.79 Å². The highest BCUT2D eigenvalue weighted by atomic mass is 16.5. The SMILES string of the molecule is C=Cc1ccc(OCCCCCCCCCCOc2ccc(OCCOc3ccc(C=CC(=O)c4ccccc4)cc3)cc2)cc1. The van der Waals surface area contributed by atoms with Crippen LogP contribution in [0.1, 0.15) is 72.9 Å². The number of ketones is 1. The molecular weight excluding hydrogens is 572 g/mol. The van der Waals surface area contributed by atoms with E-state index in [-0.39, 0.29) is 5.78 Å². The largest absolute Gasteiger partial charge is 0.494 e. The summed E-state index contributed by atoms with van der Waals surface area (Å²) in [5.41, 5.74) is 2.73. The number of rotatable bonds is 22. The van der Waals surface area contributed by atoms with Gasteiger partial charge < -0.3 is 18.9 Å². The molecule has 4 aromatic carbocycles. The van der Waals surface area contributed by atoms with Gasteiger partial charge in [-0.3, -0.25) is 4.79 Å². The van der Waals surface area contributed by atoms with Crippen molar-refractivity contribution in [3.05, 3.63) is 132 Å². The Hall–Kier alpha value is -4.77. The predicted molar refractivity (Wildman–Crippen MR) is 188 cm³/mol. The molecule has 0 unspecified atom stereocenters. The van der Waals surface area contributed by atoms with Crippen LogP contribution < -0.4 is 18.9 Å². The Morgan fingerprint density at radius 3 is 1.33 bits per heavy atom. The van der Waals surface area contributed by atoms with Gasteiger partial charge in [0.25, 0.3) is 0 Å². The fourth-order valence-electron chi connectivity index (χ4n) is 4.84. The fourth-order valence-corrected chi connectivity index (χ4v) is 4.84. The van der Waals surface area contributed by atoms with Crippen LogP contribution in [0.25, 0.3) is 12.2 Å². The van der Waals surface area contributed by atoms with Crippen molar-refractivity contribution in [2.75, 3.05) is 26.4 Å². The number of unbranched alkanes of at least 4 members (excludes halogenated alkanes) is 7. The highest BCUT2D eigenvalue weighted by molar-refractivity contribution is 6.06. The lowest BCUT2D eigenvalue weighted by Gasteiger charge is -2.10. The lowest BCUT2D eigenvalue weighted by Crippen LogP contribution is -2.08. The quantitative estimate of drug-likeness (QED) is 0.0498. The number of ether oxygens (including phenoxy) is 4. The summed E-state index contributed by atoms with van der Waals surface area (Å²) in [5, 5.41) is 0. The first-order valence-electron chi connectivity index (χ1n) is 16.4. The first-order valence-corrected chi connectivity index (χ1v) is 16.4. The van der Waals surface area contributed by atoms with E-state index in [1.807, 2.05) is 115 Å². The molecule has 0 aromatic heterocycles. The third-order valence-corrected chi connectivity index (χ3v) is 7.50. The number of hydrogen-bond donors (Lipinski definition) is 0. The van der Waals surface area contributed by atoms with Gasteiger partial charge in [0.05, 0.1) is 13.2 Å². The molecule has 0 bridgehead atoms. The lowest BCUT2D eigenvalue weighted by molar-refractivity contribution is 0.104. The van der Waals surface area contributed by atoms with Crippen LogP contribution >= 0.6 is 0 Å². The molecule has 0 N–H and O–H groups in total. The molecule has 0 fully saturated rings. The zero-order valence-electron chi connectivity index (χ0n) is 26.8. The number of carbonyl (C=O) groups is 1. The number of hydrogen-bond acceptors (Lipinski definition) is 5. The van der Waals surface area contributed by atoms with Gasteiger partial charge in [0, 0.05) is 5.56 Å². The molecule has 5 nitrogen and oxygen atoms in total. The molecule has 0 radical (unpaired) electrons. The Bertz CT molecular complexity index is 1440. The zero-order valence-corrected chi connectivity index (χ0v) is 26.8. The first-order chi connectivity index (χ1) is 22.7. The van der Waals surface area contributed by atoms with Crippen LogP contribution in [0.15, 0.2) is 116 Å². The van der Waals surface area contributed by atoms with Gasteiger partial charge >= 0.3 is 0 Å². The number of carbonyl (C=O) groups excluding carboxylic acids is 1. The Morgan fingerprint density at radius 1 is 0.478 bits per heavy atom. The van der Waals surface area contributed by atoms with Crippen molar-refractivity contribution >= 4 is 17.9 Å². The third-order valence-electron chi connectivity index (χ3n) is 7.50. The van der Waals surface area contributed by atoms with E-state index in [4.69, 9.17) is 18.9 Å². The fraction of sp³-hybridized carbons (Fsp3) is 0.293. The maximum absolute atomic E-state index is 12.2. The Balaban J connectivity index is 0.969. The number of benzene rings is 4. The van der Waals surface area contributed by atoms with Gasteiger partial charge in [-0.05, 0) is 78.6 Å². The summed E-state index contributed by atoms with van der Waals surface area (Å²) in [6.07, 6.45) is 14.9. The van der Waals surface area contributed by atoms with Crippen molar-refractivity contribution in [2.45, 2.75) is 51.4 Å². The van der Waals surface area contributed by atoms with Crippen molar-refractivity contribution in [3.8, 4) is 23.0 Å². The van der Waals surface area contributed by atoms with Crippen LogP contribution in [-0.2, 0) is 0 Å². The Morgan fingerprint density at radius 2 is 0.870 bits per heavy atom. The van der Waals surface area contributed by atoms with Crippen molar-refractivity contribution in [3.63, 3.8) is 0 Å². The topological polar surface area (TPSA) is 54.0 Å². The predicted octanol–water partition coefficient (Wildman–Crippen LogP) is 10.3. The molecular formula is C41H46O5. The summed E-state index contributed by atoms with van der Waals surface area (Å²) in [6.45, 7) is 6.16.